The maximum atomic E-state index is 12.6. The summed E-state index contributed by atoms with van der Waals surface area (Å²) in [5.74, 6) is 0.0904. The van der Waals surface area contributed by atoms with Crippen LogP contribution in [0.4, 0.5) is 5.69 Å². The topological polar surface area (TPSA) is 49.7 Å². The van der Waals surface area contributed by atoms with Gasteiger partial charge in [0.1, 0.15) is 0 Å². The van der Waals surface area contributed by atoms with E-state index in [9.17, 15) is 9.59 Å². The van der Waals surface area contributed by atoms with Crippen molar-refractivity contribution in [3.63, 3.8) is 0 Å². The molecular weight excluding hydrogens is 356 g/mol. The van der Waals surface area contributed by atoms with E-state index < -0.39 is 0 Å². The molecule has 4 nitrogen and oxygen atoms in total. The minimum atomic E-state index is -0.0551. The highest BCUT2D eigenvalue weighted by atomic mass is 35.5. The number of hydrogen-bond acceptors (Lipinski definition) is 4. The molecular formula is C19H17ClN2O2S. The van der Waals surface area contributed by atoms with E-state index in [0.29, 0.717) is 11.3 Å². The second-order valence-electron chi connectivity index (χ2n) is 6.47. The fourth-order valence-corrected chi connectivity index (χ4v) is 4.72. The zero-order valence-corrected chi connectivity index (χ0v) is 15.4. The SMILES string of the molecule is Cc1ccc(N2N=C3c4cc(C(=O)CCl)sc4CCC3CC2=O)cc1. The lowest BCUT2D eigenvalue weighted by Gasteiger charge is -2.32. The zero-order chi connectivity index (χ0) is 17.6. The molecule has 1 amide bonds. The molecule has 0 saturated carbocycles. The third-order valence-corrected chi connectivity index (χ3v) is 6.21. The average molecular weight is 373 g/mol. The molecule has 1 aromatic heterocycles. The summed E-state index contributed by atoms with van der Waals surface area (Å²) >= 11 is 7.20. The number of carbonyl (C=O) groups excluding carboxylic acids is 2. The largest absolute Gasteiger partial charge is 0.292 e. The fourth-order valence-electron chi connectivity index (χ4n) is 3.38. The number of aryl methyl sites for hydroxylation is 2. The molecule has 1 atom stereocenters. The van der Waals surface area contributed by atoms with Crippen molar-refractivity contribution in [1.82, 2.24) is 0 Å². The summed E-state index contributed by atoms with van der Waals surface area (Å²) in [5.41, 5.74) is 3.85. The first kappa shape index (κ1) is 16.5. The van der Waals surface area contributed by atoms with Gasteiger partial charge in [-0.2, -0.15) is 5.10 Å². The molecule has 1 aliphatic heterocycles. The predicted molar refractivity (Wildman–Crippen MR) is 101 cm³/mol. The van der Waals surface area contributed by atoms with Gasteiger partial charge in [0.2, 0.25) is 5.91 Å². The Hall–Kier alpha value is -1.98. The number of amides is 1. The second-order valence-corrected chi connectivity index (χ2v) is 7.87. The molecule has 1 aromatic carbocycles. The molecule has 0 bridgehead atoms. The van der Waals surface area contributed by atoms with Gasteiger partial charge in [-0.05, 0) is 38.0 Å². The highest BCUT2D eigenvalue weighted by Crippen LogP contribution is 2.37. The van der Waals surface area contributed by atoms with Gasteiger partial charge in [0.05, 0.1) is 22.2 Å². The number of hydrogen-bond donors (Lipinski definition) is 0. The molecule has 4 rings (SSSR count). The van der Waals surface area contributed by atoms with E-state index in [4.69, 9.17) is 11.6 Å². The van der Waals surface area contributed by atoms with E-state index in [1.165, 1.54) is 21.2 Å². The van der Waals surface area contributed by atoms with Crippen molar-refractivity contribution in [2.75, 3.05) is 10.9 Å². The molecule has 2 aromatic rings. The monoisotopic (exact) mass is 372 g/mol. The van der Waals surface area contributed by atoms with Gasteiger partial charge >= 0.3 is 0 Å². The number of anilines is 1. The van der Waals surface area contributed by atoms with Gasteiger partial charge in [0.25, 0.3) is 0 Å². The Morgan fingerprint density at radius 3 is 2.84 bits per heavy atom. The van der Waals surface area contributed by atoms with Gasteiger partial charge in [0.15, 0.2) is 5.78 Å². The number of fused-ring (bicyclic) bond motifs is 3. The second kappa shape index (κ2) is 6.39. The Labute approximate surface area is 155 Å². The first-order valence-electron chi connectivity index (χ1n) is 8.27. The van der Waals surface area contributed by atoms with Gasteiger partial charge in [-0.25, -0.2) is 5.01 Å². The summed E-state index contributed by atoms with van der Waals surface area (Å²) in [6.07, 6.45) is 2.24. The van der Waals surface area contributed by atoms with Crippen LogP contribution in [0.15, 0.2) is 35.4 Å². The number of Topliss-reactive ketones (excluding diaryl/α,β-unsaturated/α-hetero) is 1. The van der Waals surface area contributed by atoms with Gasteiger partial charge in [-0.3, -0.25) is 9.59 Å². The van der Waals surface area contributed by atoms with Crippen LogP contribution in [0.1, 0.15) is 38.5 Å². The lowest BCUT2D eigenvalue weighted by molar-refractivity contribution is -0.119. The Balaban J connectivity index is 1.76. The Morgan fingerprint density at radius 1 is 1.36 bits per heavy atom. The Bertz CT molecular complexity index is 885. The number of carbonyl (C=O) groups is 2. The number of ketones is 1. The fraction of sp³-hybridized carbons (Fsp3) is 0.316. The summed E-state index contributed by atoms with van der Waals surface area (Å²) in [5, 5.41) is 6.19. The Morgan fingerprint density at radius 2 is 2.12 bits per heavy atom. The maximum absolute atomic E-state index is 12.6. The third kappa shape index (κ3) is 2.92. The number of rotatable bonds is 3. The molecule has 25 heavy (non-hydrogen) atoms. The molecule has 0 radical (unpaired) electrons. The van der Waals surface area contributed by atoms with E-state index in [1.807, 2.05) is 37.3 Å². The van der Waals surface area contributed by atoms with Crippen molar-refractivity contribution in [3.05, 3.63) is 51.2 Å². The van der Waals surface area contributed by atoms with E-state index in [1.54, 1.807) is 0 Å². The third-order valence-electron chi connectivity index (χ3n) is 4.73. The van der Waals surface area contributed by atoms with Crippen molar-refractivity contribution >= 4 is 46.0 Å². The van der Waals surface area contributed by atoms with Crippen LogP contribution in [0.2, 0.25) is 0 Å². The van der Waals surface area contributed by atoms with Crippen LogP contribution in [0.5, 0.6) is 0 Å². The van der Waals surface area contributed by atoms with Crippen LogP contribution in [0, 0.1) is 12.8 Å². The highest BCUT2D eigenvalue weighted by Gasteiger charge is 2.36. The van der Waals surface area contributed by atoms with Crippen molar-refractivity contribution in [3.8, 4) is 0 Å². The van der Waals surface area contributed by atoms with Crippen molar-refractivity contribution in [2.45, 2.75) is 26.2 Å². The lowest BCUT2D eigenvalue weighted by Crippen LogP contribution is -2.39. The number of nitrogens with zero attached hydrogens (tertiary/aromatic N) is 2. The number of thiophene rings is 1. The van der Waals surface area contributed by atoms with Crippen LogP contribution in [-0.2, 0) is 11.2 Å². The molecule has 0 saturated heterocycles. The molecule has 0 fully saturated rings. The zero-order valence-electron chi connectivity index (χ0n) is 13.8. The smallest absolute Gasteiger partial charge is 0.248 e. The number of halogens is 1. The summed E-state index contributed by atoms with van der Waals surface area (Å²) in [6.45, 7) is 2.01. The van der Waals surface area contributed by atoms with E-state index in [2.05, 4.69) is 5.10 Å². The lowest BCUT2D eigenvalue weighted by atomic mass is 9.83. The Kier molecular flexibility index (Phi) is 4.21. The van der Waals surface area contributed by atoms with E-state index >= 15 is 0 Å². The first-order valence-corrected chi connectivity index (χ1v) is 9.62. The molecule has 1 unspecified atom stereocenters. The van der Waals surface area contributed by atoms with Gasteiger partial charge in [-0.15, -0.1) is 22.9 Å². The first-order chi connectivity index (χ1) is 12.1. The van der Waals surface area contributed by atoms with Crippen molar-refractivity contribution in [1.29, 1.82) is 0 Å². The van der Waals surface area contributed by atoms with Crippen LogP contribution in [0.3, 0.4) is 0 Å². The molecule has 2 aliphatic rings. The summed E-state index contributed by atoms with van der Waals surface area (Å²) in [6, 6.07) is 9.68. The molecule has 0 N–H and O–H groups in total. The predicted octanol–water partition coefficient (Wildman–Crippen LogP) is 4.18. The number of hydrazone groups is 1. The van der Waals surface area contributed by atoms with Crippen LogP contribution in [0.25, 0.3) is 0 Å². The summed E-state index contributed by atoms with van der Waals surface area (Å²) in [4.78, 5) is 26.3. The average Bonchev–Trinajstić information content (AvgIpc) is 3.06. The van der Waals surface area contributed by atoms with E-state index in [0.717, 1.165) is 35.4 Å². The number of alkyl halides is 1. The quantitative estimate of drug-likeness (QED) is 0.599. The molecule has 128 valence electrons. The van der Waals surface area contributed by atoms with Crippen LogP contribution < -0.4 is 5.01 Å². The van der Waals surface area contributed by atoms with Crippen LogP contribution >= 0.6 is 22.9 Å². The van der Waals surface area contributed by atoms with Gasteiger partial charge < -0.3 is 0 Å². The van der Waals surface area contributed by atoms with Crippen molar-refractivity contribution < 1.29 is 9.59 Å². The van der Waals surface area contributed by atoms with Crippen molar-refractivity contribution in [2.24, 2.45) is 11.0 Å². The molecule has 2 heterocycles. The maximum Gasteiger partial charge on any atom is 0.248 e. The van der Waals surface area contributed by atoms with Gasteiger partial charge in [-0.1, -0.05) is 17.7 Å². The van der Waals surface area contributed by atoms with E-state index in [-0.39, 0.29) is 23.5 Å². The standard InChI is InChI=1S/C19H17ClN2O2S/c1-11-2-5-13(6-3-11)22-18(24)8-12-4-7-16-14(19(12)21-22)9-17(25-16)15(23)10-20/h2-3,5-6,9,12H,4,7-8,10H2,1H3. The van der Waals surface area contributed by atoms with Gasteiger partial charge in [0, 0.05) is 22.8 Å². The molecule has 0 spiro atoms. The van der Waals surface area contributed by atoms with Crippen LogP contribution in [-0.4, -0.2) is 23.3 Å². The molecule has 1 aliphatic carbocycles. The highest BCUT2D eigenvalue weighted by molar-refractivity contribution is 7.14. The summed E-state index contributed by atoms with van der Waals surface area (Å²) in [7, 11) is 0. The number of benzene rings is 1. The minimum absolute atomic E-state index is 0.0106. The normalized spacial score (nSPS) is 19.3. The summed E-state index contributed by atoms with van der Waals surface area (Å²) < 4.78 is 0. The molecule has 6 heteroatoms. The minimum Gasteiger partial charge on any atom is -0.292 e.